The maximum atomic E-state index is 13.6. The molecular formula is C25H36N6O2S. The van der Waals surface area contributed by atoms with E-state index in [9.17, 15) is 4.55 Å². The molecule has 2 unspecified atom stereocenters. The van der Waals surface area contributed by atoms with Crippen LogP contribution in [0.15, 0.2) is 35.6 Å². The number of fused-ring (bicyclic) bond motifs is 3. The Balaban J connectivity index is 1.36. The van der Waals surface area contributed by atoms with Gasteiger partial charge in [-0.2, -0.15) is 5.10 Å². The predicted octanol–water partition coefficient (Wildman–Crippen LogP) is 3.52. The monoisotopic (exact) mass is 484 g/mol. The molecule has 0 spiro atoms. The second-order valence-corrected chi connectivity index (χ2v) is 12.4. The third kappa shape index (κ3) is 4.41. The number of nitrogens with zero attached hydrogens (tertiary/aromatic N) is 5. The molecule has 0 saturated carbocycles. The van der Waals surface area contributed by atoms with E-state index in [4.69, 9.17) is 4.74 Å². The maximum absolute atomic E-state index is 13.6. The fourth-order valence-corrected chi connectivity index (χ4v) is 6.56. The summed E-state index contributed by atoms with van der Waals surface area (Å²) >= 11 is -1.04. The SMILES string of the molecule is CC(C)n1ncnc1C1=CN2CCOc3ccc([S+]([O-])C4CCN(C(C)(C)C)CC4)cc3C2N1. The Labute approximate surface area is 205 Å². The van der Waals surface area contributed by atoms with Gasteiger partial charge in [0.2, 0.25) is 0 Å². The Morgan fingerprint density at radius 1 is 1.18 bits per heavy atom. The van der Waals surface area contributed by atoms with Crippen LogP contribution in [0.1, 0.15) is 71.1 Å². The van der Waals surface area contributed by atoms with Gasteiger partial charge in [-0.15, -0.1) is 0 Å². The molecule has 1 aromatic heterocycles. The third-order valence-corrected chi connectivity index (χ3v) is 8.83. The normalized spacial score (nSPS) is 22.5. The Bertz CT molecular complexity index is 1050. The van der Waals surface area contributed by atoms with Crippen molar-refractivity contribution in [2.75, 3.05) is 26.2 Å². The molecule has 0 amide bonds. The van der Waals surface area contributed by atoms with E-state index in [2.05, 4.69) is 72.1 Å². The van der Waals surface area contributed by atoms with Gasteiger partial charge in [-0.3, -0.25) is 4.90 Å². The molecule has 1 saturated heterocycles. The van der Waals surface area contributed by atoms with Crippen LogP contribution in [0.5, 0.6) is 5.75 Å². The molecule has 4 heterocycles. The highest BCUT2D eigenvalue weighted by Crippen LogP contribution is 2.39. The number of likely N-dealkylation sites (tertiary alicyclic amines) is 1. The molecule has 8 nitrogen and oxygen atoms in total. The molecule has 5 rings (SSSR count). The van der Waals surface area contributed by atoms with Crippen LogP contribution < -0.4 is 10.1 Å². The van der Waals surface area contributed by atoms with Gasteiger partial charge in [-0.25, -0.2) is 9.67 Å². The minimum Gasteiger partial charge on any atom is -0.611 e. The number of hydrogen-bond donors (Lipinski definition) is 1. The summed E-state index contributed by atoms with van der Waals surface area (Å²) in [5.74, 6) is 1.68. The average Bonchev–Trinajstić information content (AvgIpc) is 3.42. The highest BCUT2D eigenvalue weighted by Gasteiger charge is 2.36. The summed E-state index contributed by atoms with van der Waals surface area (Å²) < 4.78 is 21.6. The summed E-state index contributed by atoms with van der Waals surface area (Å²) in [5, 5.41) is 8.21. The van der Waals surface area contributed by atoms with Crippen molar-refractivity contribution in [3.05, 3.63) is 42.1 Å². The average molecular weight is 485 g/mol. The number of piperidine rings is 1. The van der Waals surface area contributed by atoms with Gasteiger partial charge < -0.3 is 19.5 Å². The molecule has 1 aromatic carbocycles. The van der Waals surface area contributed by atoms with Gasteiger partial charge in [0.05, 0.1) is 12.2 Å². The van der Waals surface area contributed by atoms with E-state index in [0.29, 0.717) is 6.61 Å². The lowest BCUT2D eigenvalue weighted by Gasteiger charge is -2.40. The molecule has 0 radical (unpaired) electrons. The number of rotatable bonds is 4. The first kappa shape index (κ1) is 23.5. The molecule has 0 aliphatic carbocycles. The predicted molar refractivity (Wildman–Crippen MR) is 134 cm³/mol. The topological polar surface area (TPSA) is 81.5 Å². The van der Waals surface area contributed by atoms with Crippen molar-refractivity contribution in [2.24, 2.45) is 0 Å². The Morgan fingerprint density at radius 3 is 2.65 bits per heavy atom. The van der Waals surface area contributed by atoms with Crippen LogP contribution in [0.3, 0.4) is 0 Å². The largest absolute Gasteiger partial charge is 0.611 e. The Hall–Kier alpha value is -2.23. The highest BCUT2D eigenvalue weighted by atomic mass is 32.2. The maximum Gasteiger partial charge on any atom is 0.176 e. The summed E-state index contributed by atoms with van der Waals surface area (Å²) in [4.78, 5) is 10.1. The van der Waals surface area contributed by atoms with Crippen LogP contribution in [-0.2, 0) is 11.2 Å². The molecule has 0 bridgehead atoms. The summed E-state index contributed by atoms with van der Waals surface area (Å²) in [6, 6.07) is 6.28. The zero-order valence-electron chi connectivity index (χ0n) is 20.8. The van der Waals surface area contributed by atoms with Gasteiger partial charge >= 0.3 is 0 Å². The van der Waals surface area contributed by atoms with Gasteiger partial charge in [0, 0.05) is 55.3 Å². The highest BCUT2D eigenvalue weighted by molar-refractivity contribution is 7.92. The lowest BCUT2D eigenvalue weighted by atomic mass is 10.0. The fraction of sp³-hybridized carbons (Fsp3) is 0.600. The van der Waals surface area contributed by atoms with Crippen molar-refractivity contribution in [3.8, 4) is 5.75 Å². The van der Waals surface area contributed by atoms with Gasteiger partial charge in [0.1, 0.15) is 30.1 Å². The molecule has 1 fully saturated rings. The summed E-state index contributed by atoms with van der Waals surface area (Å²) in [6.45, 7) is 14.3. The van der Waals surface area contributed by atoms with Gasteiger partial charge in [-0.05, 0) is 57.9 Å². The lowest BCUT2D eigenvalue weighted by Crippen LogP contribution is -2.48. The summed E-state index contributed by atoms with van der Waals surface area (Å²) in [7, 11) is 0. The van der Waals surface area contributed by atoms with Crippen molar-refractivity contribution in [1.29, 1.82) is 0 Å². The van der Waals surface area contributed by atoms with E-state index >= 15 is 0 Å². The van der Waals surface area contributed by atoms with E-state index in [1.165, 1.54) is 0 Å². The standard InChI is InChI=1S/C25H36N6O2S/c1-17(2)31-24(26-16-27-31)21-15-29-12-13-33-22-7-6-19(14-20(22)23(29)28-21)34(32)18-8-10-30(11-9-18)25(3,4)5/h6-7,14-18,23,28H,8-13H2,1-5H3. The number of benzene rings is 1. The van der Waals surface area contributed by atoms with Crippen molar-refractivity contribution >= 4 is 16.9 Å². The first-order valence-electron chi connectivity index (χ1n) is 12.3. The van der Waals surface area contributed by atoms with E-state index in [1.54, 1.807) is 6.33 Å². The van der Waals surface area contributed by atoms with Crippen molar-refractivity contribution in [2.45, 2.75) is 75.4 Å². The summed E-state index contributed by atoms with van der Waals surface area (Å²) in [5.41, 5.74) is 2.14. The first-order chi connectivity index (χ1) is 16.2. The van der Waals surface area contributed by atoms with Crippen molar-refractivity contribution < 1.29 is 9.29 Å². The lowest BCUT2D eigenvalue weighted by molar-refractivity contribution is 0.112. The molecule has 1 N–H and O–H groups in total. The van der Waals surface area contributed by atoms with Crippen molar-refractivity contribution in [1.82, 2.24) is 29.9 Å². The zero-order valence-corrected chi connectivity index (χ0v) is 21.6. The van der Waals surface area contributed by atoms with Crippen LogP contribution in [0.2, 0.25) is 0 Å². The second kappa shape index (κ2) is 9.09. The number of ether oxygens (including phenoxy) is 1. The first-order valence-corrected chi connectivity index (χ1v) is 13.5. The second-order valence-electron chi connectivity index (χ2n) is 10.7. The molecule has 34 heavy (non-hydrogen) atoms. The van der Waals surface area contributed by atoms with Crippen molar-refractivity contribution in [3.63, 3.8) is 0 Å². The molecule has 3 aliphatic heterocycles. The minimum absolute atomic E-state index is 0.0792. The number of nitrogens with one attached hydrogen (secondary N) is 1. The fourth-order valence-electron chi connectivity index (χ4n) is 5.09. The zero-order chi connectivity index (χ0) is 24.0. The smallest absolute Gasteiger partial charge is 0.176 e. The van der Waals surface area contributed by atoms with E-state index in [1.807, 2.05) is 16.8 Å². The molecular weight excluding hydrogens is 448 g/mol. The van der Waals surface area contributed by atoms with Crippen LogP contribution in [-0.4, -0.2) is 66.1 Å². The van der Waals surface area contributed by atoms with E-state index in [0.717, 1.165) is 60.2 Å². The van der Waals surface area contributed by atoms with Crippen LogP contribution in [0, 0.1) is 0 Å². The quantitative estimate of drug-likeness (QED) is 0.665. The number of aromatic nitrogens is 3. The third-order valence-electron chi connectivity index (χ3n) is 7.03. The van der Waals surface area contributed by atoms with Gasteiger partial charge in [0.25, 0.3) is 0 Å². The molecule has 2 atom stereocenters. The molecule has 9 heteroatoms. The molecule has 2 aromatic rings. The number of hydrogen-bond acceptors (Lipinski definition) is 7. The van der Waals surface area contributed by atoms with Crippen LogP contribution in [0.4, 0.5) is 0 Å². The molecule has 3 aliphatic rings. The van der Waals surface area contributed by atoms with Gasteiger partial charge in [-0.1, -0.05) is 0 Å². The minimum atomic E-state index is -1.04. The Morgan fingerprint density at radius 2 is 1.94 bits per heavy atom. The van der Waals surface area contributed by atoms with E-state index < -0.39 is 11.2 Å². The van der Waals surface area contributed by atoms with E-state index in [-0.39, 0.29) is 23.0 Å². The Kier molecular flexibility index (Phi) is 6.29. The van der Waals surface area contributed by atoms with Gasteiger partial charge in [0.15, 0.2) is 10.7 Å². The summed E-state index contributed by atoms with van der Waals surface area (Å²) in [6.07, 6.45) is 5.55. The van der Waals surface area contributed by atoms with Crippen LogP contribution >= 0.6 is 0 Å². The van der Waals surface area contributed by atoms with Crippen LogP contribution in [0.25, 0.3) is 5.70 Å². The molecule has 184 valence electrons.